The van der Waals surface area contributed by atoms with Crippen LogP contribution in [0.2, 0.25) is 0 Å². The lowest BCUT2D eigenvalue weighted by Crippen LogP contribution is -2.48. The Bertz CT molecular complexity index is 1340. The van der Waals surface area contributed by atoms with Gasteiger partial charge in [0.1, 0.15) is 11.5 Å². The van der Waals surface area contributed by atoms with Crippen LogP contribution < -0.4 is 0 Å². The van der Waals surface area contributed by atoms with Crippen molar-refractivity contribution in [2.45, 2.75) is 44.6 Å². The number of benzene rings is 1. The second kappa shape index (κ2) is 10.2. The summed E-state index contributed by atoms with van der Waals surface area (Å²) in [6, 6.07) is 16.6. The highest BCUT2D eigenvalue weighted by atomic mass is 16.2. The van der Waals surface area contributed by atoms with Gasteiger partial charge in [-0.05, 0) is 80.7 Å². The van der Waals surface area contributed by atoms with Gasteiger partial charge in [0.05, 0.1) is 11.4 Å². The lowest BCUT2D eigenvalue weighted by Gasteiger charge is -2.40. The Kier molecular flexibility index (Phi) is 6.47. The highest BCUT2D eigenvalue weighted by Crippen LogP contribution is 2.24. The number of rotatable bonds is 5. The third-order valence-electron chi connectivity index (χ3n) is 7.57. The van der Waals surface area contributed by atoms with Gasteiger partial charge in [-0.2, -0.15) is 0 Å². The van der Waals surface area contributed by atoms with Crippen LogP contribution in [0.5, 0.6) is 0 Å². The topological polar surface area (TPSA) is 78.0 Å². The van der Waals surface area contributed by atoms with Crippen LogP contribution in [-0.4, -0.2) is 67.9 Å². The molecule has 0 saturated carbocycles. The molecule has 2 aliphatic rings. The monoisotopic (exact) mass is 480 g/mol. The van der Waals surface area contributed by atoms with Crippen LogP contribution in [0.1, 0.15) is 54.0 Å². The Morgan fingerprint density at radius 2 is 1.75 bits per heavy atom. The molecule has 5 heterocycles. The maximum absolute atomic E-state index is 13.3. The van der Waals surface area contributed by atoms with Gasteiger partial charge >= 0.3 is 0 Å². The molecule has 2 aliphatic heterocycles. The Labute approximate surface area is 211 Å². The van der Waals surface area contributed by atoms with Gasteiger partial charge in [-0.3, -0.25) is 9.78 Å². The molecule has 7 heteroatoms. The Hall–Kier alpha value is -3.58. The number of nitrogens with zero attached hydrogens (tertiary/aromatic N) is 5. The Morgan fingerprint density at radius 1 is 0.889 bits per heavy atom. The van der Waals surface area contributed by atoms with E-state index in [0.717, 1.165) is 59.6 Å². The number of amides is 1. The third kappa shape index (κ3) is 4.88. The van der Waals surface area contributed by atoms with Crippen LogP contribution in [0, 0.1) is 0 Å². The predicted octanol–water partition coefficient (Wildman–Crippen LogP) is 4.70. The van der Waals surface area contributed by atoms with Gasteiger partial charge < -0.3 is 14.8 Å². The number of piperidine rings is 2. The maximum atomic E-state index is 13.3. The van der Waals surface area contributed by atoms with E-state index in [0.29, 0.717) is 18.2 Å². The fraction of sp³-hybridized carbons (Fsp3) is 0.379. The van der Waals surface area contributed by atoms with E-state index in [1.165, 1.54) is 32.4 Å². The summed E-state index contributed by atoms with van der Waals surface area (Å²) in [4.78, 5) is 34.8. The SMILES string of the molecule is O=C(c1cc2cc(Cc3nccc(-c4ccccn4)n3)ccc2[nH]1)N1CCC(N2CCCCC2)CC1. The van der Waals surface area contributed by atoms with Gasteiger partial charge in [-0.15, -0.1) is 0 Å². The average molecular weight is 481 g/mol. The molecule has 184 valence electrons. The quantitative estimate of drug-likeness (QED) is 0.448. The maximum Gasteiger partial charge on any atom is 0.270 e. The molecule has 0 unspecified atom stereocenters. The molecule has 1 N–H and O–H groups in total. The summed E-state index contributed by atoms with van der Waals surface area (Å²) in [5.74, 6) is 0.858. The number of likely N-dealkylation sites (tertiary alicyclic amines) is 2. The number of carbonyl (C=O) groups excluding carboxylic acids is 1. The van der Waals surface area contributed by atoms with Gasteiger partial charge in [0.2, 0.25) is 0 Å². The summed E-state index contributed by atoms with van der Waals surface area (Å²) in [5, 5.41) is 1.04. The van der Waals surface area contributed by atoms with E-state index in [1.54, 1.807) is 12.4 Å². The fourth-order valence-electron chi connectivity index (χ4n) is 5.62. The molecule has 7 nitrogen and oxygen atoms in total. The summed E-state index contributed by atoms with van der Waals surface area (Å²) in [6.45, 7) is 4.12. The Balaban J connectivity index is 1.13. The predicted molar refractivity (Wildman–Crippen MR) is 141 cm³/mol. The van der Waals surface area contributed by atoms with Crippen LogP contribution in [0.4, 0.5) is 0 Å². The molecule has 0 spiro atoms. The minimum atomic E-state index is 0.108. The lowest BCUT2D eigenvalue weighted by atomic mass is 9.99. The molecule has 36 heavy (non-hydrogen) atoms. The van der Waals surface area contributed by atoms with Gasteiger partial charge in [-0.1, -0.05) is 18.6 Å². The molecule has 0 bridgehead atoms. The first-order chi connectivity index (χ1) is 17.7. The summed E-state index contributed by atoms with van der Waals surface area (Å²) in [5.41, 5.74) is 4.42. The molecule has 1 aromatic carbocycles. The number of nitrogens with one attached hydrogen (secondary N) is 1. The lowest BCUT2D eigenvalue weighted by molar-refractivity contribution is 0.0585. The molecule has 0 atom stereocenters. The number of pyridine rings is 1. The van der Waals surface area contributed by atoms with Gasteiger partial charge in [0, 0.05) is 48.8 Å². The number of aromatic amines is 1. The van der Waals surface area contributed by atoms with Crippen LogP contribution in [0.3, 0.4) is 0 Å². The number of hydrogen-bond acceptors (Lipinski definition) is 5. The van der Waals surface area contributed by atoms with Gasteiger partial charge in [0.25, 0.3) is 5.91 Å². The van der Waals surface area contributed by atoms with E-state index in [9.17, 15) is 4.79 Å². The highest BCUT2D eigenvalue weighted by Gasteiger charge is 2.28. The van der Waals surface area contributed by atoms with Crippen molar-refractivity contribution in [3.8, 4) is 11.4 Å². The minimum absolute atomic E-state index is 0.108. The summed E-state index contributed by atoms with van der Waals surface area (Å²) < 4.78 is 0. The van der Waals surface area contributed by atoms with Crippen molar-refractivity contribution in [2.75, 3.05) is 26.2 Å². The molecule has 0 radical (unpaired) electrons. The number of H-pyrrole nitrogens is 1. The second-order valence-electron chi connectivity index (χ2n) is 9.97. The van der Waals surface area contributed by atoms with Crippen LogP contribution >= 0.6 is 0 Å². The summed E-state index contributed by atoms with van der Waals surface area (Å²) in [7, 11) is 0. The number of carbonyl (C=O) groups is 1. The minimum Gasteiger partial charge on any atom is -0.351 e. The third-order valence-corrected chi connectivity index (χ3v) is 7.57. The number of aromatic nitrogens is 4. The molecule has 2 fully saturated rings. The normalized spacial score (nSPS) is 17.5. The largest absolute Gasteiger partial charge is 0.351 e. The molecule has 2 saturated heterocycles. The molecule has 3 aromatic heterocycles. The second-order valence-corrected chi connectivity index (χ2v) is 9.97. The van der Waals surface area contributed by atoms with Gasteiger partial charge in [-0.25, -0.2) is 9.97 Å². The zero-order chi connectivity index (χ0) is 24.3. The van der Waals surface area contributed by atoms with Crippen molar-refractivity contribution < 1.29 is 4.79 Å². The van der Waals surface area contributed by atoms with Crippen molar-refractivity contribution in [2.24, 2.45) is 0 Å². The van der Waals surface area contributed by atoms with Crippen molar-refractivity contribution >= 4 is 16.8 Å². The zero-order valence-corrected chi connectivity index (χ0v) is 20.6. The van der Waals surface area contributed by atoms with Crippen LogP contribution in [-0.2, 0) is 6.42 Å². The molecular formula is C29H32N6O. The number of fused-ring (bicyclic) bond motifs is 1. The average Bonchev–Trinajstić information content (AvgIpc) is 3.37. The molecular weight excluding hydrogens is 448 g/mol. The molecule has 4 aromatic rings. The van der Waals surface area contributed by atoms with E-state index in [4.69, 9.17) is 4.98 Å². The van der Waals surface area contributed by atoms with Crippen molar-refractivity contribution in [1.82, 2.24) is 29.7 Å². The fourth-order valence-corrected chi connectivity index (χ4v) is 5.62. The number of hydrogen-bond donors (Lipinski definition) is 1. The van der Waals surface area contributed by atoms with Gasteiger partial charge in [0.15, 0.2) is 0 Å². The van der Waals surface area contributed by atoms with Crippen molar-refractivity contribution in [3.63, 3.8) is 0 Å². The molecule has 6 rings (SSSR count). The van der Waals surface area contributed by atoms with E-state index >= 15 is 0 Å². The van der Waals surface area contributed by atoms with E-state index < -0.39 is 0 Å². The first-order valence-electron chi connectivity index (χ1n) is 13.1. The highest BCUT2D eigenvalue weighted by molar-refractivity contribution is 5.98. The first kappa shape index (κ1) is 22.9. The van der Waals surface area contributed by atoms with Crippen LogP contribution in [0.25, 0.3) is 22.3 Å². The smallest absolute Gasteiger partial charge is 0.270 e. The zero-order valence-electron chi connectivity index (χ0n) is 20.6. The van der Waals surface area contributed by atoms with E-state index in [2.05, 4.69) is 32.0 Å². The standard InChI is InChI=1S/C29H32N6O/c36-29(35-16-10-23(11-17-35)34-14-4-1-5-15-34)27-20-22-18-21(7-8-24(22)32-27)19-28-31-13-9-26(33-28)25-6-2-3-12-30-25/h2-3,6-9,12-13,18,20,23,32H,1,4-5,10-11,14-17,19H2. The van der Waals surface area contributed by atoms with E-state index in [-0.39, 0.29) is 5.91 Å². The summed E-state index contributed by atoms with van der Waals surface area (Å²) in [6.07, 6.45) is 10.3. The van der Waals surface area contributed by atoms with Crippen molar-refractivity contribution in [1.29, 1.82) is 0 Å². The molecule has 1 amide bonds. The summed E-state index contributed by atoms with van der Waals surface area (Å²) >= 11 is 0. The van der Waals surface area contributed by atoms with Crippen LogP contribution in [0.15, 0.2) is 60.9 Å². The first-order valence-corrected chi connectivity index (χ1v) is 13.1. The van der Waals surface area contributed by atoms with E-state index in [1.807, 2.05) is 41.3 Å². The molecule has 0 aliphatic carbocycles. The Morgan fingerprint density at radius 3 is 2.56 bits per heavy atom. The van der Waals surface area contributed by atoms with Crippen molar-refractivity contribution in [3.05, 3.63) is 78.0 Å².